The first kappa shape index (κ1) is 12.0. The molecule has 0 aromatic carbocycles. The van der Waals surface area contributed by atoms with Crippen molar-refractivity contribution >= 4 is 0 Å². The minimum absolute atomic E-state index is 0.426. The zero-order valence-corrected chi connectivity index (χ0v) is 9.42. The van der Waals surface area contributed by atoms with Crippen LogP contribution in [0.3, 0.4) is 0 Å². The highest BCUT2D eigenvalue weighted by Gasteiger charge is 2.20. The lowest BCUT2D eigenvalue weighted by atomic mass is 9.93. The summed E-state index contributed by atoms with van der Waals surface area (Å²) >= 11 is 0. The smallest absolute Gasteiger partial charge is 0.146 e. The van der Waals surface area contributed by atoms with Crippen LogP contribution in [0.25, 0.3) is 0 Å². The number of hydrogen-bond donors (Lipinski definition) is 1. The van der Waals surface area contributed by atoms with E-state index in [0.717, 1.165) is 12.6 Å². The van der Waals surface area contributed by atoms with Gasteiger partial charge in [-0.25, -0.2) is 0 Å². The van der Waals surface area contributed by atoms with Crippen molar-refractivity contribution in [2.45, 2.75) is 51.2 Å². The Kier molecular flexibility index (Phi) is 6.15. The van der Waals surface area contributed by atoms with Gasteiger partial charge in [-0.05, 0) is 38.6 Å². The van der Waals surface area contributed by atoms with E-state index in [1.807, 2.05) is 0 Å². The summed E-state index contributed by atoms with van der Waals surface area (Å²) in [5, 5.41) is 3.56. The molecule has 0 bridgehead atoms. The average Bonchev–Trinajstić information content (AvgIpc) is 2.25. The molecule has 0 aliphatic heterocycles. The Morgan fingerprint density at radius 1 is 1.21 bits per heavy atom. The molecule has 0 radical (unpaired) electrons. The predicted molar refractivity (Wildman–Crippen MR) is 57.3 cm³/mol. The minimum Gasteiger partial charge on any atom is -0.359 e. The Morgan fingerprint density at radius 2 is 1.93 bits per heavy atom. The molecule has 84 valence electrons. The Balaban J connectivity index is 2.05. The number of methoxy groups -OCH3 is 1. The molecule has 0 spiro atoms. The van der Waals surface area contributed by atoms with Crippen LogP contribution in [0.2, 0.25) is 0 Å². The van der Waals surface area contributed by atoms with Gasteiger partial charge in [0.2, 0.25) is 0 Å². The first-order valence-electron chi connectivity index (χ1n) is 5.70. The predicted octanol–water partition coefficient (Wildman–Crippen LogP) is 1.92. The van der Waals surface area contributed by atoms with Crippen LogP contribution in [-0.2, 0) is 9.47 Å². The third-order valence-corrected chi connectivity index (χ3v) is 2.78. The van der Waals surface area contributed by atoms with Crippen molar-refractivity contribution in [2.24, 2.45) is 0 Å². The first-order valence-corrected chi connectivity index (χ1v) is 5.70. The van der Waals surface area contributed by atoms with Gasteiger partial charge in [-0.1, -0.05) is 6.92 Å². The Labute approximate surface area is 87.2 Å². The highest BCUT2D eigenvalue weighted by atomic mass is 16.7. The van der Waals surface area contributed by atoms with Crippen LogP contribution in [0, 0.1) is 0 Å². The van der Waals surface area contributed by atoms with Gasteiger partial charge in [0, 0.05) is 13.2 Å². The molecule has 0 heterocycles. The molecular formula is C11H23NO2. The molecule has 1 aliphatic carbocycles. The van der Waals surface area contributed by atoms with E-state index in [1.54, 1.807) is 7.11 Å². The van der Waals surface area contributed by atoms with Crippen molar-refractivity contribution in [3.8, 4) is 0 Å². The van der Waals surface area contributed by atoms with Gasteiger partial charge in [-0.3, -0.25) is 0 Å². The average molecular weight is 201 g/mol. The van der Waals surface area contributed by atoms with Gasteiger partial charge in [0.15, 0.2) is 0 Å². The third kappa shape index (κ3) is 4.40. The number of rotatable bonds is 6. The molecule has 1 fully saturated rings. The Morgan fingerprint density at radius 3 is 2.50 bits per heavy atom. The molecule has 0 saturated heterocycles. The molecule has 0 atom stereocenters. The van der Waals surface area contributed by atoms with Crippen LogP contribution >= 0.6 is 0 Å². The van der Waals surface area contributed by atoms with Crippen LogP contribution in [-0.4, -0.2) is 32.6 Å². The summed E-state index contributed by atoms with van der Waals surface area (Å²) < 4.78 is 10.4. The second-order valence-electron chi connectivity index (χ2n) is 4.00. The SMILES string of the molecule is CCCNC1CCC(OCOC)CC1. The standard InChI is InChI=1S/C11H23NO2/c1-3-8-12-10-4-6-11(7-5-10)14-9-13-2/h10-12H,3-9H2,1-2H3. The van der Waals surface area contributed by atoms with Gasteiger partial charge >= 0.3 is 0 Å². The van der Waals surface area contributed by atoms with Crippen LogP contribution < -0.4 is 5.32 Å². The van der Waals surface area contributed by atoms with E-state index in [9.17, 15) is 0 Å². The summed E-state index contributed by atoms with van der Waals surface area (Å²) in [5.74, 6) is 0. The fourth-order valence-corrected chi connectivity index (χ4v) is 1.95. The van der Waals surface area contributed by atoms with Gasteiger partial charge in [0.05, 0.1) is 6.10 Å². The molecule has 1 saturated carbocycles. The molecule has 0 unspecified atom stereocenters. The van der Waals surface area contributed by atoms with Crippen LogP contribution in [0.15, 0.2) is 0 Å². The zero-order valence-electron chi connectivity index (χ0n) is 9.42. The quantitative estimate of drug-likeness (QED) is 0.666. The summed E-state index contributed by atoms with van der Waals surface area (Å²) in [6.45, 7) is 3.80. The maximum atomic E-state index is 5.53. The van der Waals surface area contributed by atoms with E-state index in [1.165, 1.54) is 32.1 Å². The molecule has 3 nitrogen and oxygen atoms in total. The van der Waals surface area contributed by atoms with Crippen molar-refractivity contribution in [1.82, 2.24) is 5.32 Å². The monoisotopic (exact) mass is 201 g/mol. The van der Waals surface area contributed by atoms with Crippen molar-refractivity contribution in [3.63, 3.8) is 0 Å². The molecular weight excluding hydrogens is 178 g/mol. The fourth-order valence-electron chi connectivity index (χ4n) is 1.95. The van der Waals surface area contributed by atoms with E-state index in [-0.39, 0.29) is 0 Å². The van der Waals surface area contributed by atoms with Gasteiger partial charge < -0.3 is 14.8 Å². The largest absolute Gasteiger partial charge is 0.359 e. The van der Waals surface area contributed by atoms with Gasteiger partial charge in [0.25, 0.3) is 0 Å². The van der Waals surface area contributed by atoms with E-state index in [4.69, 9.17) is 9.47 Å². The highest BCUT2D eigenvalue weighted by Crippen LogP contribution is 2.21. The maximum Gasteiger partial charge on any atom is 0.146 e. The molecule has 1 aliphatic rings. The summed E-state index contributed by atoms with van der Waals surface area (Å²) in [7, 11) is 1.68. The van der Waals surface area contributed by atoms with Crippen LogP contribution in [0.4, 0.5) is 0 Å². The minimum atomic E-state index is 0.426. The molecule has 0 aromatic heterocycles. The highest BCUT2D eigenvalue weighted by molar-refractivity contribution is 4.77. The van der Waals surface area contributed by atoms with E-state index in [0.29, 0.717) is 12.9 Å². The van der Waals surface area contributed by atoms with Crippen molar-refractivity contribution < 1.29 is 9.47 Å². The lowest BCUT2D eigenvalue weighted by molar-refractivity contribution is -0.0839. The number of ether oxygens (including phenoxy) is 2. The summed E-state index contributed by atoms with van der Waals surface area (Å²) in [6.07, 6.45) is 6.48. The lowest BCUT2D eigenvalue weighted by Crippen LogP contribution is -2.35. The molecule has 14 heavy (non-hydrogen) atoms. The third-order valence-electron chi connectivity index (χ3n) is 2.78. The summed E-state index contributed by atoms with van der Waals surface area (Å²) in [4.78, 5) is 0. The van der Waals surface area contributed by atoms with Gasteiger partial charge in [-0.2, -0.15) is 0 Å². The Bertz CT molecular complexity index is 117. The topological polar surface area (TPSA) is 30.5 Å². The normalized spacial score (nSPS) is 27.9. The van der Waals surface area contributed by atoms with E-state index in [2.05, 4.69) is 12.2 Å². The molecule has 1 rings (SSSR count). The van der Waals surface area contributed by atoms with Crippen molar-refractivity contribution in [1.29, 1.82) is 0 Å². The van der Waals surface area contributed by atoms with Gasteiger partial charge in [-0.15, -0.1) is 0 Å². The Hall–Kier alpha value is -0.120. The maximum absolute atomic E-state index is 5.53. The summed E-state index contributed by atoms with van der Waals surface area (Å²) in [5.41, 5.74) is 0. The zero-order chi connectivity index (χ0) is 10.2. The van der Waals surface area contributed by atoms with Crippen LogP contribution in [0.5, 0.6) is 0 Å². The van der Waals surface area contributed by atoms with E-state index < -0.39 is 0 Å². The number of hydrogen-bond acceptors (Lipinski definition) is 3. The van der Waals surface area contributed by atoms with E-state index >= 15 is 0 Å². The van der Waals surface area contributed by atoms with Crippen molar-refractivity contribution in [3.05, 3.63) is 0 Å². The molecule has 0 aromatic rings. The van der Waals surface area contributed by atoms with Gasteiger partial charge in [0.1, 0.15) is 6.79 Å². The molecule has 0 amide bonds. The number of nitrogens with one attached hydrogen (secondary N) is 1. The first-order chi connectivity index (χ1) is 6.86. The summed E-state index contributed by atoms with van der Waals surface area (Å²) in [6, 6.07) is 0.720. The van der Waals surface area contributed by atoms with Crippen LogP contribution in [0.1, 0.15) is 39.0 Å². The lowest BCUT2D eigenvalue weighted by Gasteiger charge is -2.28. The molecule has 1 N–H and O–H groups in total. The second kappa shape index (κ2) is 7.21. The second-order valence-corrected chi connectivity index (χ2v) is 4.00. The fraction of sp³-hybridized carbons (Fsp3) is 1.00. The molecule has 3 heteroatoms. The van der Waals surface area contributed by atoms with Crippen molar-refractivity contribution in [2.75, 3.05) is 20.4 Å².